The molecule has 0 radical (unpaired) electrons. The van der Waals surface area contributed by atoms with Gasteiger partial charge in [-0.3, -0.25) is 9.69 Å². The zero-order valence-electron chi connectivity index (χ0n) is 13.0. The van der Waals surface area contributed by atoms with Crippen molar-refractivity contribution in [3.63, 3.8) is 0 Å². The lowest BCUT2D eigenvalue weighted by molar-refractivity contribution is -0.117. The van der Waals surface area contributed by atoms with Gasteiger partial charge in [0.1, 0.15) is 0 Å². The van der Waals surface area contributed by atoms with Crippen LogP contribution in [0.4, 0.5) is 5.69 Å². The molecule has 2 fully saturated rings. The fraction of sp³-hybridized carbons (Fsp3) is 0.588. The van der Waals surface area contributed by atoms with Gasteiger partial charge in [-0.2, -0.15) is 0 Å². The van der Waals surface area contributed by atoms with Gasteiger partial charge in [0.15, 0.2) is 0 Å². The first kappa shape index (κ1) is 14.5. The van der Waals surface area contributed by atoms with Crippen molar-refractivity contribution in [2.45, 2.75) is 45.2 Å². The summed E-state index contributed by atoms with van der Waals surface area (Å²) in [7, 11) is 0. The largest absolute Gasteiger partial charge is 0.325 e. The molecule has 0 saturated carbocycles. The van der Waals surface area contributed by atoms with Crippen LogP contribution in [0.3, 0.4) is 0 Å². The maximum absolute atomic E-state index is 12.3. The van der Waals surface area contributed by atoms with E-state index in [0.717, 1.165) is 30.8 Å². The van der Waals surface area contributed by atoms with Crippen molar-refractivity contribution in [1.82, 2.24) is 10.2 Å². The van der Waals surface area contributed by atoms with Crippen molar-refractivity contribution in [2.75, 3.05) is 25.0 Å². The van der Waals surface area contributed by atoms with Crippen LogP contribution in [0.1, 0.15) is 30.4 Å². The van der Waals surface area contributed by atoms with Gasteiger partial charge in [0, 0.05) is 30.9 Å². The highest BCUT2D eigenvalue weighted by Gasteiger charge is 2.29. The van der Waals surface area contributed by atoms with Crippen LogP contribution in [0, 0.1) is 13.8 Å². The third kappa shape index (κ3) is 3.63. The van der Waals surface area contributed by atoms with E-state index in [2.05, 4.69) is 28.5 Å². The number of aryl methyl sites for hydroxylation is 2. The maximum Gasteiger partial charge on any atom is 0.238 e. The van der Waals surface area contributed by atoms with Crippen LogP contribution in [0.25, 0.3) is 0 Å². The SMILES string of the molecule is Cc1ccc(NC(=O)CN2CCC3CCC(C2)N3)c(C)c1. The Bertz CT molecular complexity index is 529. The summed E-state index contributed by atoms with van der Waals surface area (Å²) in [6.07, 6.45) is 3.71. The summed E-state index contributed by atoms with van der Waals surface area (Å²) in [5.74, 6) is 0.0970. The number of amides is 1. The van der Waals surface area contributed by atoms with Gasteiger partial charge in [-0.1, -0.05) is 17.7 Å². The number of fused-ring (bicyclic) bond motifs is 2. The fourth-order valence-electron chi connectivity index (χ4n) is 3.51. The van der Waals surface area contributed by atoms with Crippen LogP contribution in [0.2, 0.25) is 0 Å². The molecule has 0 aromatic heterocycles. The Hall–Kier alpha value is -1.39. The molecule has 4 heteroatoms. The molecule has 2 aliphatic heterocycles. The van der Waals surface area contributed by atoms with E-state index < -0.39 is 0 Å². The second kappa shape index (κ2) is 6.16. The van der Waals surface area contributed by atoms with E-state index in [1.54, 1.807) is 0 Å². The van der Waals surface area contributed by atoms with Gasteiger partial charge in [-0.05, 0) is 44.7 Å². The summed E-state index contributed by atoms with van der Waals surface area (Å²) in [5.41, 5.74) is 3.28. The zero-order valence-corrected chi connectivity index (χ0v) is 13.0. The average molecular weight is 287 g/mol. The molecule has 2 saturated heterocycles. The van der Waals surface area contributed by atoms with Gasteiger partial charge in [-0.25, -0.2) is 0 Å². The van der Waals surface area contributed by atoms with Gasteiger partial charge in [0.25, 0.3) is 0 Å². The van der Waals surface area contributed by atoms with E-state index in [1.807, 2.05) is 19.1 Å². The molecule has 2 N–H and O–H groups in total. The quantitative estimate of drug-likeness (QED) is 0.894. The lowest BCUT2D eigenvalue weighted by Gasteiger charge is -2.23. The highest BCUT2D eigenvalue weighted by atomic mass is 16.2. The van der Waals surface area contributed by atoms with Crippen LogP contribution in [0.5, 0.6) is 0 Å². The van der Waals surface area contributed by atoms with Crippen LogP contribution < -0.4 is 10.6 Å². The smallest absolute Gasteiger partial charge is 0.238 e. The summed E-state index contributed by atoms with van der Waals surface area (Å²) >= 11 is 0. The number of carbonyl (C=O) groups excluding carboxylic acids is 1. The second-order valence-corrected chi connectivity index (χ2v) is 6.53. The number of nitrogens with zero attached hydrogens (tertiary/aromatic N) is 1. The third-order valence-electron chi connectivity index (χ3n) is 4.63. The van der Waals surface area contributed by atoms with E-state index in [9.17, 15) is 4.79 Å². The van der Waals surface area contributed by atoms with Crippen molar-refractivity contribution < 1.29 is 4.79 Å². The van der Waals surface area contributed by atoms with Gasteiger partial charge in [0.05, 0.1) is 6.54 Å². The Morgan fingerprint density at radius 3 is 2.90 bits per heavy atom. The number of anilines is 1. The monoisotopic (exact) mass is 287 g/mol. The predicted octanol–water partition coefficient (Wildman–Crippen LogP) is 2.07. The fourth-order valence-corrected chi connectivity index (χ4v) is 3.51. The van der Waals surface area contributed by atoms with E-state index in [1.165, 1.54) is 18.4 Å². The van der Waals surface area contributed by atoms with E-state index in [-0.39, 0.29) is 5.91 Å². The van der Waals surface area contributed by atoms with Gasteiger partial charge in [-0.15, -0.1) is 0 Å². The number of likely N-dealkylation sites (tertiary alicyclic amines) is 1. The minimum atomic E-state index is 0.0970. The number of rotatable bonds is 3. The topological polar surface area (TPSA) is 44.4 Å². The van der Waals surface area contributed by atoms with Crippen LogP contribution in [-0.4, -0.2) is 42.5 Å². The number of carbonyl (C=O) groups is 1. The Morgan fingerprint density at radius 2 is 2.10 bits per heavy atom. The maximum atomic E-state index is 12.3. The van der Waals surface area contributed by atoms with Gasteiger partial charge >= 0.3 is 0 Å². The molecule has 0 aliphatic carbocycles. The molecule has 21 heavy (non-hydrogen) atoms. The van der Waals surface area contributed by atoms with E-state index >= 15 is 0 Å². The van der Waals surface area contributed by atoms with Crippen molar-refractivity contribution in [3.05, 3.63) is 29.3 Å². The minimum Gasteiger partial charge on any atom is -0.325 e. The number of benzene rings is 1. The van der Waals surface area contributed by atoms with Crippen molar-refractivity contribution >= 4 is 11.6 Å². The van der Waals surface area contributed by atoms with Crippen molar-refractivity contribution in [3.8, 4) is 0 Å². The summed E-state index contributed by atoms with van der Waals surface area (Å²) in [6.45, 7) is 6.62. The minimum absolute atomic E-state index is 0.0970. The normalized spacial score (nSPS) is 25.6. The first-order valence-corrected chi connectivity index (χ1v) is 7.95. The first-order chi connectivity index (χ1) is 10.1. The van der Waals surface area contributed by atoms with Crippen molar-refractivity contribution in [1.29, 1.82) is 0 Å². The number of hydrogen-bond donors (Lipinski definition) is 2. The van der Waals surface area contributed by atoms with Crippen LogP contribution in [-0.2, 0) is 4.79 Å². The highest BCUT2D eigenvalue weighted by Crippen LogP contribution is 2.20. The molecule has 2 aliphatic rings. The molecule has 2 heterocycles. The number of hydrogen-bond acceptors (Lipinski definition) is 3. The standard InChI is InChI=1S/C17H25N3O/c1-12-3-6-16(13(2)9-12)19-17(21)11-20-8-7-14-4-5-15(10-20)18-14/h3,6,9,14-15,18H,4-5,7-8,10-11H2,1-2H3,(H,19,21). The summed E-state index contributed by atoms with van der Waals surface area (Å²) in [4.78, 5) is 14.6. The average Bonchev–Trinajstić information content (AvgIpc) is 2.76. The molecule has 114 valence electrons. The van der Waals surface area contributed by atoms with Crippen molar-refractivity contribution in [2.24, 2.45) is 0 Å². The molecule has 1 amide bonds. The molecular weight excluding hydrogens is 262 g/mol. The Labute approximate surface area is 126 Å². The van der Waals surface area contributed by atoms with E-state index in [4.69, 9.17) is 0 Å². The van der Waals surface area contributed by atoms with E-state index in [0.29, 0.717) is 18.6 Å². The summed E-state index contributed by atoms with van der Waals surface area (Å²) in [6, 6.07) is 7.38. The molecule has 1 aromatic carbocycles. The lowest BCUT2D eigenvalue weighted by atomic mass is 10.1. The highest BCUT2D eigenvalue weighted by molar-refractivity contribution is 5.93. The Kier molecular flexibility index (Phi) is 4.27. The Balaban J connectivity index is 1.56. The first-order valence-electron chi connectivity index (χ1n) is 7.95. The molecule has 4 nitrogen and oxygen atoms in total. The molecule has 2 unspecified atom stereocenters. The molecule has 2 bridgehead atoms. The molecule has 2 atom stereocenters. The number of nitrogens with one attached hydrogen (secondary N) is 2. The summed E-state index contributed by atoms with van der Waals surface area (Å²) in [5, 5.41) is 6.70. The summed E-state index contributed by atoms with van der Waals surface area (Å²) < 4.78 is 0. The van der Waals surface area contributed by atoms with Crippen LogP contribution >= 0.6 is 0 Å². The molecule has 3 rings (SSSR count). The van der Waals surface area contributed by atoms with Gasteiger partial charge < -0.3 is 10.6 Å². The van der Waals surface area contributed by atoms with Crippen LogP contribution in [0.15, 0.2) is 18.2 Å². The second-order valence-electron chi connectivity index (χ2n) is 6.53. The molecular formula is C17H25N3O. The molecule has 1 aromatic rings. The predicted molar refractivity (Wildman–Crippen MR) is 85.5 cm³/mol. The molecule has 0 spiro atoms. The van der Waals surface area contributed by atoms with Gasteiger partial charge in [0.2, 0.25) is 5.91 Å². The zero-order chi connectivity index (χ0) is 14.8. The lowest BCUT2D eigenvalue weighted by Crippen LogP contribution is -2.39. The Morgan fingerprint density at radius 1 is 1.29 bits per heavy atom. The third-order valence-corrected chi connectivity index (χ3v) is 4.63.